The van der Waals surface area contributed by atoms with Crippen LogP contribution < -0.4 is 4.52 Å². The molecule has 132 valence electrons. The van der Waals surface area contributed by atoms with Gasteiger partial charge in [-0.05, 0) is 41.4 Å². The lowest BCUT2D eigenvalue weighted by Crippen LogP contribution is -2.24. The number of hydrogen-bond donors (Lipinski definition) is 1. The summed E-state index contributed by atoms with van der Waals surface area (Å²) < 4.78 is 21.9. The number of unbranched alkanes of at least 4 members (excludes halogenated alkanes) is 1. The molecule has 0 spiro atoms. The maximum atomic E-state index is 11.8. The van der Waals surface area contributed by atoms with E-state index in [1.807, 2.05) is 19.1 Å². The van der Waals surface area contributed by atoms with Gasteiger partial charge in [0.2, 0.25) is 0 Å². The second-order valence-electron chi connectivity index (χ2n) is 7.89. The molecule has 1 unspecified atom stereocenters. The van der Waals surface area contributed by atoms with E-state index in [1.54, 1.807) is 12.1 Å². The van der Waals surface area contributed by atoms with Crippen molar-refractivity contribution >= 4 is 7.82 Å². The standard InChI is InChI=1S/C18H31O4P/c1-7-8-13-21-23(19,20)22-16-11-9-15(10-12-16)18(5,6)14-17(2,3)4/h9-12H,7-8,13-14H2,1-6H3,(H,19,20). The van der Waals surface area contributed by atoms with Crippen molar-refractivity contribution < 1.29 is 18.5 Å². The largest absolute Gasteiger partial charge is 0.527 e. The zero-order valence-corrected chi connectivity index (χ0v) is 16.2. The molecule has 5 heteroatoms. The average molecular weight is 342 g/mol. The Morgan fingerprint density at radius 3 is 2.13 bits per heavy atom. The smallest absolute Gasteiger partial charge is 0.404 e. The van der Waals surface area contributed by atoms with E-state index in [-0.39, 0.29) is 17.4 Å². The molecule has 0 bridgehead atoms. The van der Waals surface area contributed by atoms with E-state index in [4.69, 9.17) is 9.05 Å². The van der Waals surface area contributed by atoms with E-state index in [1.165, 1.54) is 5.56 Å². The van der Waals surface area contributed by atoms with Crippen molar-refractivity contribution in [1.29, 1.82) is 0 Å². The number of phosphoric acid groups is 1. The van der Waals surface area contributed by atoms with Crippen molar-refractivity contribution in [3.05, 3.63) is 29.8 Å². The van der Waals surface area contributed by atoms with E-state index in [0.717, 1.165) is 19.3 Å². The van der Waals surface area contributed by atoms with Gasteiger partial charge in [0.25, 0.3) is 0 Å². The average Bonchev–Trinajstić information content (AvgIpc) is 2.36. The molecule has 0 aromatic heterocycles. The van der Waals surface area contributed by atoms with Crippen molar-refractivity contribution in [3.63, 3.8) is 0 Å². The zero-order chi connectivity index (χ0) is 17.7. The van der Waals surface area contributed by atoms with Gasteiger partial charge < -0.3 is 4.52 Å². The first-order valence-electron chi connectivity index (χ1n) is 8.23. The zero-order valence-electron chi connectivity index (χ0n) is 15.3. The maximum absolute atomic E-state index is 11.8. The molecule has 0 radical (unpaired) electrons. The molecule has 0 aliphatic rings. The van der Waals surface area contributed by atoms with Gasteiger partial charge in [-0.1, -0.05) is 60.1 Å². The molecule has 0 aliphatic heterocycles. The van der Waals surface area contributed by atoms with Gasteiger partial charge in [-0.15, -0.1) is 0 Å². The van der Waals surface area contributed by atoms with Gasteiger partial charge in [-0.2, -0.15) is 0 Å². The van der Waals surface area contributed by atoms with Crippen LogP contribution in [-0.4, -0.2) is 11.5 Å². The Kier molecular flexibility index (Phi) is 6.88. The van der Waals surface area contributed by atoms with E-state index in [0.29, 0.717) is 5.75 Å². The summed E-state index contributed by atoms with van der Waals surface area (Å²) in [7, 11) is -4.03. The highest BCUT2D eigenvalue weighted by Crippen LogP contribution is 2.44. The van der Waals surface area contributed by atoms with Crippen LogP contribution in [0.15, 0.2) is 24.3 Å². The van der Waals surface area contributed by atoms with Crippen LogP contribution in [0.2, 0.25) is 0 Å². The summed E-state index contributed by atoms with van der Waals surface area (Å²) in [4.78, 5) is 9.69. The van der Waals surface area contributed by atoms with Gasteiger partial charge in [0.15, 0.2) is 0 Å². The highest BCUT2D eigenvalue weighted by Gasteiger charge is 2.28. The fourth-order valence-corrected chi connectivity index (χ4v) is 3.68. The molecule has 0 amide bonds. The minimum Gasteiger partial charge on any atom is -0.404 e. The predicted octanol–water partition coefficient (Wildman–Crippen LogP) is 5.70. The molecule has 1 N–H and O–H groups in total. The lowest BCUT2D eigenvalue weighted by atomic mass is 9.72. The number of rotatable bonds is 8. The van der Waals surface area contributed by atoms with Crippen LogP contribution in [0.5, 0.6) is 5.75 Å². The quantitative estimate of drug-likeness (QED) is 0.486. The third-order valence-corrected chi connectivity index (χ3v) is 4.53. The third-order valence-electron chi connectivity index (χ3n) is 3.58. The van der Waals surface area contributed by atoms with Crippen LogP contribution in [0.25, 0.3) is 0 Å². The molecular weight excluding hydrogens is 311 g/mol. The van der Waals surface area contributed by atoms with E-state index in [2.05, 4.69) is 34.6 Å². The SMILES string of the molecule is CCCCOP(=O)(O)Oc1ccc(C(C)(C)CC(C)(C)C)cc1. The summed E-state index contributed by atoms with van der Waals surface area (Å²) in [5.41, 5.74) is 1.43. The Morgan fingerprint density at radius 2 is 1.65 bits per heavy atom. The fourth-order valence-electron chi connectivity index (χ4n) is 2.88. The Balaban J connectivity index is 2.75. The van der Waals surface area contributed by atoms with Crippen molar-refractivity contribution in [2.45, 2.75) is 66.2 Å². The minimum atomic E-state index is -4.03. The normalized spacial score (nSPS) is 15.3. The summed E-state index contributed by atoms with van der Waals surface area (Å²) in [5.74, 6) is 0.350. The highest BCUT2D eigenvalue weighted by molar-refractivity contribution is 7.47. The topological polar surface area (TPSA) is 55.8 Å². The van der Waals surface area contributed by atoms with Gasteiger partial charge in [0, 0.05) is 0 Å². The van der Waals surface area contributed by atoms with Crippen LogP contribution >= 0.6 is 7.82 Å². The van der Waals surface area contributed by atoms with Crippen LogP contribution in [-0.2, 0) is 14.5 Å². The number of hydrogen-bond acceptors (Lipinski definition) is 3. The Bertz CT molecular complexity index is 529. The molecule has 1 atom stereocenters. The predicted molar refractivity (Wildman–Crippen MR) is 94.9 cm³/mol. The van der Waals surface area contributed by atoms with Crippen molar-refractivity contribution in [1.82, 2.24) is 0 Å². The first-order valence-corrected chi connectivity index (χ1v) is 9.72. The van der Waals surface area contributed by atoms with Crippen LogP contribution in [0.1, 0.15) is 66.4 Å². The Labute approximate surface area is 140 Å². The Morgan fingerprint density at radius 1 is 1.09 bits per heavy atom. The van der Waals surface area contributed by atoms with Crippen LogP contribution in [0.4, 0.5) is 0 Å². The van der Waals surface area contributed by atoms with Crippen molar-refractivity contribution in [3.8, 4) is 5.75 Å². The monoisotopic (exact) mass is 342 g/mol. The van der Waals surface area contributed by atoms with Gasteiger partial charge >= 0.3 is 7.82 Å². The van der Waals surface area contributed by atoms with Gasteiger partial charge in [-0.3, -0.25) is 9.42 Å². The summed E-state index contributed by atoms with van der Waals surface area (Å²) in [6.07, 6.45) is 2.67. The minimum absolute atomic E-state index is 0.0251. The molecule has 1 aromatic rings. The molecule has 4 nitrogen and oxygen atoms in total. The molecule has 0 saturated heterocycles. The summed E-state index contributed by atoms with van der Waals surface area (Å²) in [6, 6.07) is 7.36. The summed E-state index contributed by atoms with van der Waals surface area (Å²) in [6.45, 7) is 13.3. The van der Waals surface area contributed by atoms with E-state index < -0.39 is 7.82 Å². The van der Waals surface area contributed by atoms with Crippen LogP contribution in [0, 0.1) is 5.41 Å². The molecule has 23 heavy (non-hydrogen) atoms. The molecule has 0 saturated carbocycles. The fraction of sp³-hybridized carbons (Fsp3) is 0.667. The van der Waals surface area contributed by atoms with Gasteiger partial charge in [-0.25, -0.2) is 4.57 Å². The number of benzene rings is 1. The van der Waals surface area contributed by atoms with Crippen molar-refractivity contribution in [2.75, 3.05) is 6.61 Å². The molecule has 0 heterocycles. The molecule has 1 aromatic carbocycles. The van der Waals surface area contributed by atoms with Gasteiger partial charge in [0.05, 0.1) is 6.61 Å². The van der Waals surface area contributed by atoms with Crippen molar-refractivity contribution in [2.24, 2.45) is 5.41 Å². The summed E-state index contributed by atoms with van der Waals surface area (Å²) >= 11 is 0. The second-order valence-corrected chi connectivity index (χ2v) is 9.27. The molecule has 1 rings (SSSR count). The third kappa shape index (κ3) is 7.52. The lowest BCUT2D eigenvalue weighted by Gasteiger charge is -2.33. The van der Waals surface area contributed by atoms with Crippen LogP contribution in [0.3, 0.4) is 0 Å². The lowest BCUT2D eigenvalue weighted by molar-refractivity contribution is 0.200. The molecule has 0 fully saturated rings. The van der Waals surface area contributed by atoms with E-state index in [9.17, 15) is 9.46 Å². The second kappa shape index (κ2) is 7.83. The molecular formula is C18H31O4P. The number of phosphoric ester groups is 1. The first-order chi connectivity index (χ1) is 10.5. The van der Waals surface area contributed by atoms with E-state index >= 15 is 0 Å². The first kappa shape index (κ1) is 20.2. The van der Waals surface area contributed by atoms with Gasteiger partial charge in [0.1, 0.15) is 5.75 Å². The maximum Gasteiger partial charge on any atom is 0.527 e. The molecule has 0 aliphatic carbocycles. The highest BCUT2D eigenvalue weighted by atomic mass is 31.2. The summed E-state index contributed by atoms with van der Waals surface area (Å²) in [5, 5.41) is 0. The Hall–Kier alpha value is -0.830.